The predicted molar refractivity (Wildman–Crippen MR) is 89.6 cm³/mol. The number of hydrogen-bond donors (Lipinski definition) is 0. The van der Waals surface area contributed by atoms with E-state index in [9.17, 15) is 9.59 Å². The van der Waals surface area contributed by atoms with Crippen molar-refractivity contribution in [1.29, 1.82) is 0 Å². The lowest BCUT2D eigenvalue weighted by Crippen LogP contribution is -2.06. The molecule has 114 valence electrons. The number of allylic oxidation sites excluding steroid dienone is 1. The van der Waals surface area contributed by atoms with Crippen molar-refractivity contribution in [2.45, 2.75) is 27.7 Å². The fourth-order valence-electron chi connectivity index (χ4n) is 2.54. The number of carbonyl (C=O) groups is 2. The molecule has 4 heteroatoms. The van der Waals surface area contributed by atoms with Crippen molar-refractivity contribution in [3.63, 3.8) is 0 Å². The highest BCUT2D eigenvalue weighted by atomic mass is 35.5. The van der Waals surface area contributed by atoms with Gasteiger partial charge in [0.1, 0.15) is 0 Å². The second-order valence-electron chi connectivity index (χ2n) is 5.28. The van der Waals surface area contributed by atoms with E-state index in [1.165, 1.54) is 13.8 Å². The van der Waals surface area contributed by atoms with Crippen LogP contribution in [0.2, 0.25) is 5.02 Å². The summed E-state index contributed by atoms with van der Waals surface area (Å²) in [5, 5.41) is 0.651. The van der Waals surface area contributed by atoms with E-state index in [1.54, 1.807) is 6.08 Å². The molecule has 0 fully saturated rings. The molecule has 2 aromatic rings. The van der Waals surface area contributed by atoms with E-state index in [0.717, 1.165) is 22.6 Å². The fraction of sp³-hybridized carbons (Fsp3) is 0.222. The lowest BCUT2D eigenvalue weighted by molar-refractivity contribution is -0.119. The molecule has 0 spiro atoms. The molecule has 0 unspecified atom stereocenters. The van der Waals surface area contributed by atoms with Gasteiger partial charge in [0.2, 0.25) is 0 Å². The van der Waals surface area contributed by atoms with Crippen molar-refractivity contribution in [3.8, 4) is 5.69 Å². The van der Waals surface area contributed by atoms with Crippen LogP contribution in [0.1, 0.15) is 30.8 Å². The van der Waals surface area contributed by atoms with Gasteiger partial charge in [-0.25, -0.2) is 0 Å². The Hall–Kier alpha value is -2.13. The molecule has 0 aliphatic carbocycles. The first-order valence-electron chi connectivity index (χ1n) is 7.00. The SMILES string of the molecule is CC(=O)C(=Cc1cc(C)n(-c2ccccc2Cl)c1C)C(C)=O. The highest BCUT2D eigenvalue weighted by Crippen LogP contribution is 2.27. The first kappa shape index (κ1) is 16.2. The van der Waals surface area contributed by atoms with Gasteiger partial charge >= 0.3 is 0 Å². The van der Waals surface area contributed by atoms with Crippen LogP contribution in [0.5, 0.6) is 0 Å². The minimum Gasteiger partial charge on any atom is -0.316 e. The Kier molecular flexibility index (Phi) is 4.67. The number of Topliss-reactive ketones (excluding diaryl/α,β-unsaturated/α-hetero) is 2. The van der Waals surface area contributed by atoms with Crippen LogP contribution >= 0.6 is 11.6 Å². The number of halogens is 1. The molecule has 0 aliphatic rings. The van der Waals surface area contributed by atoms with Crippen LogP contribution in [0.25, 0.3) is 11.8 Å². The first-order chi connectivity index (χ1) is 10.3. The highest BCUT2D eigenvalue weighted by molar-refractivity contribution is 6.32. The molecule has 3 nitrogen and oxygen atoms in total. The third-order valence-corrected chi connectivity index (χ3v) is 3.94. The smallest absolute Gasteiger partial charge is 0.163 e. The summed E-state index contributed by atoms with van der Waals surface area (Å²) >= 11 is 6.27. The summed E-state index contributed by atoms with van der Waals surface area (Å²) in [6.07, 6.45) is 1.65. The minimum atomic E-state index is -0.227. The van der Waals surface area contributed by atoms with Crippen LogP contribution in [-0.4, -0.2) is 16.1 Å². The number of para-hydroxylation sites is 1. The van der Waals surface area contributed by atoms with Crippen molar-refractivity contribution >= 4 is 29.2 Å². The van der Waals surface area contributed by atoms with Crippen molar-refractivity contribution in [1.82, 2.24) is 4.57 Å². The molecule has 0 atom stereocenters. The molecule has 0 amide bonds. The lowest BCUT2D eigenvalue weighted by atomic mass is 10.0. The number of nitrogens with zero attached hydrogens (tertiary/aromatic N) is 1. The van der Waals surface area contributed by atoms with Gasteiger partial charge in [0, 0.05) is 11.4 Å². The van der Waals surface area contributed by atoms with Crippen LogP contribution in [-0.2, 0) is 9.59 Å². The Balaban J connectivity index is 2.62. The molecule has 1 heterocycles. The van der Waals surface area contributed by atoms with Crippen molar-refractivity contribution in [2.75, 3.05) is 0 Å². The summed E-state index contributed by atoms with van der Waals surface area (Å²) in [5.41, 5.74) is 3.86. The summed E-state index contributed by atoms with van der Waals surface area (Å²) in [5.74, 6) is -0.454. The van der Waals surface area contributed by atoms with Crippen LogP contribution in [0, 0.1) is 13.8 Å². The Morgan fingerprint density at radius 1 is 1.09 bits per heavy atom. The third kappa shape index (κ3) is 3.04. The Morgan fingerprint density at radius 2 is 1.68 bits per heavy atom. The Morgan fingerprint density at radius 3 is 2.23 bits per heavy atom. The second kappa shape index (κ2) is 6.32. The van der Waals surface area contributed by atoms with Gasteiger partial charge in [-0.2, -0.15) is 0 Å². The van der Waals surface area contributed by atoms with Crippen molar-refractivity contribution in [3.05, 3.63) is 57.9 Å². The van der Waals surface area contributed by atoms with Crippen LogP contribution in [0.3, 0.4) is 0 Å². The number of benzene rings is 1. The van der Waals surface area contributed by atoms with E-state index in [4.69, 9.17) is 11.6 Å². The molecule has 0 N–H and O–H groups in total. The summed E-state index contributed by atoms with van der Waals surface area (Å²) < 4.78 is 2.02. The molecule has 1 aromatic carbocycles. The number of aromatic nitrogens is 1. The second-order valence-corrected chi connectivity index (χ2v) is 5.69. The lowest BCUT2D eigenvalue weighted by Gasteiger charge is -2.11. The van der Waals surface area contributed by atoms with Gasteiger partial charge in [-0.1, -0.05) is 23.7 Å². The van der Waals surface area contributed by atoms with Gasteiger partial charge < -0.3 is 4.57 Å². The maximum atomic E-state index is 11.6. The maximum absolute atomic E-state index is 11.6. The number of rotatable bonds is 4. The van der Waals surface area contributed by atoms with E-state index in [0.29, 0.717) is 5.02 Å². The normalized spacial score (nSPS) is 10.4. The van der Waals surface area contributed by atoms with E-state index < -0.39 is 0 Å². The number of ketones is 2. The summed E-state index contributed by atoms with van der Waals surface area (Å²) in [7, 11) is 0. The van der Waals surface area contributed by atoms with Crippen LogP contribution in [0.15, 0.2) is 35.9 Å². The maximum Gasteiger partial charge on any atom is 0.163 e. The standard InChI is InChI=1S/C18H18ClNO2/c1-11-9-15(10-16(13(3)21)14(4)22)12(2)20(11)18-8-6-5-7-17(18)19/h5-10H,1-4H3. The third-order valence-electron chi connectivity index (χ3n) is 3.62. The zero-order valence-corrected chi connectivity index (χ0v) is 13.9. The van der Waals surface area contributed by atoms with E-state index >= 15 is 0 Å². The monoisotopic (exact) mass is 315 g/mol. The quantitative estimate of drug-likeness (QED) is 0.479. The average Bonchev–Trinajstić information content (AvgIpc) is 2.71. The molecule has 1 aromatic heterocycles. The van der Waals surface area contributed by atoms with Gasteiger partial charge in [0.05, 0.1) is 16.3 Å². The zero-order chi connectivity index (χ0) is 16.4. The fourth-order valence-corrected chi connectivity index (χ4v) is 2.76. The summed E-state index contributed by atoms with van der Waals surface area (Å²) in [4.78, 5) is 23.2. The van der Waals surface area contributed by atoms with Crippen molar-refractivity contribution < 1.29 is 9.59 Å². The van der Waals surface area contributed by atoms with Crippen LogP contribution < -0.4 is 0 Å². The topological polar surface area (TPSA) is 39.1 Å². The molecular formula is C18H18ClNO2. The molecule has 22 heavy (non-hydrogen) atoms. The van der Waals surface area contributed by atoms with Gasteiger partial charge in [-0.3, -0.25) is 9.59 Å². The zero-order valence-electron chi connectivity index (χ0n) is 13.1. The van der Waals surface area contributed by atoms with Crippen LogP contribution in [0.4, 0.5) is 0 Å². The van der Waals surface area contributed by atoms with E-state index in [2.05, 4.69) is 0 Å². The van der Waals surface area contributed by atoms with Gasteiger partial charge in [-0.05, 0) is 57.5 Å². The van der Waals surface area contributed by atoms with E-state index in [1.807, 2.05) is 48.7 Å². The molecule has 2 rings (SSSR count). The van der Waals surface area contributed by atoms with Gasteiger partial charge in [0.15, 0.2) is 11.6 Å². The average molecular weight is 316 g/mol. The Bertz CT molecular complexity index is 768. The van der Waals surface area contributed by atoms with Crippen molar-refractivity contribution in [2.24, 2.45) is 0 Å². The van der Waals surface area contributed by atoms with E-state index in [-0.39, 0.29) is 17.1 Å². The highest BCUT2D eigenvalue weighted by Gasteiger charge is 2.15. The summed E-state index contributed by atoms with van der Waals surface area (Å²) in [6, 6.07) is 9.52. The minimum absolute atomic E-state index is 0.208. The molecule has 0 bridgehead atoms. The number of hydrogen-bond acceptors (Lipinski definition) is 2. The molecule has 0 saturated heterocycles. The first-order valence-corrected chi connectivity index (χ1v) is 7.38. The number of carbonyl (C=O) groups excluding carboxylic acids is 2. The van der Waals surface area contributed by atoms with Gasteiger partial charge in [-0.15, -0.1) is 0 Å². The Labute approximate surface area is 135 Å². The number of aryl methyl sites for hydroxylation is 1. The largest absolute Gasteiger partial charge is 0.316 e. The molecular weight excluding hydrogens is 298 g/mol. The van der Waals surface area contributed by atoms with Gasteiger partial charge in [0.25, 0.3) is 0 Å². The molecule has 0 saturated carbocycles. The molecule has 0 radical (unpaired) electrons. The predicted octanol–water partition coefficient (Wildman–Crippen LogP) is 4.31. The summed E-state index contributed by atoms with van der Waals surface area (Å²) in [6.45, 7) is 6.72. The molecule has 0 aliphatic heterocycles.